The summed E-state index contributed by atoms with van der Waals surface area (Å²) in [4.78, 5) is 11.6. The van der Waals surface area contributed by atoms with E-state index in [1.165, 1.54) is 6.07 Å². The van der Waals surface area contributed by atoms with Gasteiger partial charge in [-0.3, -0.25) is 4.79 Å². The Kier molecular flexibility index (Phi) is 5.22. The number of nitrogens with one attached hydrogen (secondary N) is 2. The summed E-state index contributed by atoms with van der Waals surface area (Å²) in [7, 11) is 0. The van der Waals surface area contributed by atoms with E-state index in [2.05, 4.69) is 10.6 Å². The monoisotopic (exact) mass is 273 g/mol. The summed E-state index contributed by atoms with van der Waals surface area (Å²) in [5.41, 5.74) is 6.31. The van der Waals surface area contributed by atoms with Crippen LogP contribution in [0.25, 0.3) is 0 Å². The van der Waals surface area contributed by atoms with E-state index in [1.54, 1.807) is 6.92 Å². The van der Waals surface area contributed by atoms with Crippen molar-refractivity contribution in [2.45, 2.75) is 26.3 Å². The van der Waals surface area contributed by atoms with E-state index >= 15 is 0 Å². The Labute approximate surface area is 111 Å². The maximum absolute atomic E-state index is 13.1. The highest BCUT2D eigenvalue weighted by Crippen LogP contribution is 2.26. The lowest BCUT2D eigenvalue weighted by atomic mass is 10.2. The zero-order valence-electron chi connectivity index (χ0n) is 10.4. The number of halogens is 2. The van der Waals surface area contributed by atoms with Crippen molar-refractivity contribution in [2.75, 3.05) is 17.6 Å². The maximum atomic E-state index is 13.1. The van der Waals surface area contributed by atoms with Gasteiger partial charge in [-0.15, -0.1) is 0 Å². The molecule has 1 rings (SSSR count). The minimum Gasteiger partial charge on any atom is -0.397 e. The number of rotatable bonds is 5. The molecule has 0 fully saturated rings. The molecule has 1 amide bonds. The van der Waals surface area contributed by atoms with Crippen molar-refractivity contribution in [3.05, 3.63) is 23.0 Å². The Morgan fingerprint density at radius 2 is 2.22 bits per heavy atom. The zero-order valence-corrected chi connectivity index (χ0v) is 11.1. The van der Waals surface area contributed by atoms with Crippen molar-refractivity contribution in [2.24, 2.45) is 0 Å². The molecular formula is C12H17ClFN3O. The van der Waals surface area contributed by atoms with Crippen molar-refractivity contribution in [1.29, 1.82) is 0 Å². The largest absolute Gasteiger partial charge is 0.397 e. The van der Waals surface area contributed by atoms with Crippen LogP contribution < -0.4 is 16.4 Å². The van der Waals surface area contributed by atoms with Gasteiger partial charge in [0, 0.05) is 12.6 Å². The molecule has 1 unspecified atom stereocenters. The Morgan fingerprint density at radius 3 is 2.83 bits per heavy atom. The van der Waals surface area contributed by atoms with Gasteiger partial charge in [0.25, 0.3) is 0 Å². The number of hydrogen-bond donors (Lipinski definition) is 3. The van der Waals surface area contributed by atoms with E-state index in [0.29, 0.717) is 12.2 Å². The Morgan fingerprint density at radius 1 is 1.56 bits per heavy atom. The first kappa shape index (κ1) is 14.6. The number of benzene rings is 1. The highest BCUT2D eigenvalue weighted by Gasteiger charge is 2.14. The molecule has 0 aliphatic rings. The number of nitrogen functional groups attached to an aromatic ring is 1. The van der Waals surface area contributed by atoms with E-state index in [0.717, 1.165) is 12.5 Å². The van der Waals surface area contributed by atoms with Gasteiger partial charge >= 0.3 is 0 Å². The van der Waals surface area contributed by atoms with Gasteiger partial charge in [0.05, 0.1) is 16.4 Å². The third-order valence-electron chi connectivity index (χ3n) is 2.41. The fraction of sp³-hybridized carbons (Fsp3) is 0.417. The molecule has 0 aliphatic carbocycles. The molecule has 0 saturated heterocycles. The fourth-order valence-electron chi connectivity index (χ4n) is 1.39. The minimum atomic E-state index is -0.581. The van der Waals surface area contributed by atoms with Crippen molar-refractivity contribution in [1.82, 2.24) is 5.32 Å². The normalized spacial score (nSPS) is 12.0. The van der Waals surface area contributed by atoms with Gasteiger partial charge in [-0.2, -0.15) is 0 Å². The minimum absolute atomic E-state index is 0.0344. The van der Waals surface area contributed by atoms with Gasteiger partial charge in [-0.25, -0.2) is 4.39 Å². The van der Waals surface area contributed by atoms with Gasteiger partial charge in [0.15, 0.2) is 0 Å². The van der Waals surface area contributed by atoms with Gasteiger partial charge in [-0.1, -0.05) is 18.5 Å². The van der Waals surface area contributed by atoms with E-state index in [9.17, 15) is 9.18 Å². The molecule has 6 heteroatoms. The van der Waals surface area contributed by atoms with E-state index in [1.807, 2.05) is 6.92 Å². The molecule has 0 radical (unpaired) electrons. The van der Waals surface area contributed by atoms with Crippen LogP contribution in [0.3, 0.4) is 0 Å². The first-order valence-electron chi connectivity index (χ1n) is 5.74. The Bertz CT molecular complexity index is 440. The lowest BCUT2D eigenvalue weighted by Crippen LogP contribution is -2.38. The second-order valence-corrected chi connectivity index (χ2v) is 4.42. The van der Waals surface area contributed by atoms with Gasteiger partial charge < -0.3 is 16.4 Å². The molecule has 4 N–H and O–H groups in total. The van der Waals surface area contributed by atoms with Crippen LogP contribution in [0, 0.1) is 5.82 Å². The summed E-state index contributed by atoms with van der Waals surface area (Å²) in [6.07, 6.45) is 0.864. The molecule has 1 aromatic rings. The maximum Gasteiger partial charge on any atom is 0.242 e. The molecule has 18 heavy (non-hydrogen) atoms. The van der Waals surface area contributed by atoms with Crippen molar-refractivity contribution in [3.8, 4) is 0 Å². The highest BCUT2D eigenvalue weighted by molar-refractivity contribution is 6.31. The third-order valence-corrected chi connectivity index (χ3v) is 2.70. The van der Waals surface area contributed by atoms with Crippen LogP contribution in [-0.4, -0.2) is 18.5 Å². The molecule has 0 aromatic heterocycles. The summed E-state index contributed by atoms with van der Waals surface area (Å²) >= 11 is 5.66. The van der Waals surface area contributed by atoms with Crippen LogP contribution in [0.2, 0.25) is 5.02 Å². The number of amides is 1. The smallest absolute Gasteiger partial charge is 0.242 e. The second-order valence-electron chi connectivity index (χ2n) is 4.01. The number of anilines is 2. The van der Waals surface area contributed by atoms with Crippen LogP contribution in [0.4, 0.5) is 15.8 Å². The van der Waals surface area contributed by atoms with Crippen LogP contribution in [0.15, 0.2) is 12.1 Å². The topological polar surface area (TPSA) is 67.2 Å². The van der Waals surface area contributed by atoms with Crippen LogP contribution in [-0.2, 0) is 4.79 Å². The first-order chi connectivity index (χ1) is 8.45. The lowest BCUT2D eigenvalue weighted by molar-refractivity contribution is -0.121. The van der Waals surface area contributed by atoms with E-state index in [-0.39, 0.29) is 16.6 Å². The predicted octanol–water partition coefficient (Wildman–Crippen LogP) is 2.39. The van der Waals surface area contributed by atoms with E-state index in [4.69, 9.17) is 17.3 Å². The molecule has 1 aromatic carbocycles. The van der Waals surface area contributed by atoms with Gasteiger partial charge in [-0.05, 0) is 19.4 Å². The highest BCUT2D eigenvalue weighted by atomic mass is 35.5. The zero-order chi connectivity index (χ0) is 13.7. The second kappa shape index (κ2) is 6.44. The quantitative estimate of drug-likeness (QED) is 0.722. The summed E-state index contributed by atoms with van der Waals surface area (Å²) in [6, 6.07) is 2.03. The molecular weight excluding hydrogens is 257 g/mol. The van der Waals surface area contributed by atoms with Crippen molar-refractivity contribution >= 4 is 28.9 Å². The molecule has 0 spiro atoms. The van der Waals surface area contributed by atoms with Gasteiger partial charge in [0.1, 0.15) is 11.9 Å². The van der Waals surface area contributed by atoms with E-state index < -0.39 is 11.9 Å². The van der Waals surface area contributed by atoms with Crippen LogP contribution in [0.1, 0.15) is 20.3 Å². The standard InChI is InChI=1S/C12H17ClFN3O/c1-3-4-16-12(18)7(2)17-11-5-8(13)9(14)6-10(11)15/h5-7,17H,3-4,15H2,1-2H3,(H,16,18). The SMILES string of the molecule is CCCNC(=O)C(C)Nc1cc(Cl)c(F)cc1N. The fourth-order valence-corrected chi connectivity index (χ4v) is 1.55. The molecule has 100 valence electrons. The lowest BCUT2D eigenvalue weighted by Gasteiger charge is -2.16. The summed E-state index contributed by atoms with van der Waals surface area (Å²) in [6.45, 7) is 4.28. The Balaban J connectivity index is 2.72. The average molecular weight is 274 g/mol. The molecule has 1 atom stereocenters. The molecule has 4 nitrogen and oxygen atoms in total. The van der Waals surface area contributed by atoms with Crippen molar-refractivity contribution < 1.29 is 9.18 Å². The molecule has 0 saturated carbocycles. The number of carbonyl (C=O) groups is 1. The summed E-state index contributed by atoms with van der Waals surface area (Å²) < 4.78 is 13.1. The van der Waals surface area contributed by atoms with Crippen LogP contribution >= 0.6 is 11.6 Å². The third kappa shape index (κ3) is 3.77. The number of hydrogen-bond acceptors (Lipinski definition) is 3. The first-order valence-corrected chi connectivity index (χ1v) is 6.12. The molecule has 0 bridgehead atoms. The average Bonchev–Trinajstić information content (AvgIpc) is 2.32. The summed E-state index contributed by atoms with van der Waals surface area (Å²) in [5.74, 6) is -0.723. The predicted molar refractivity (Wildman–Crippen MR) is 72.2 cm³/mol. The van der Waals surface area contributed by atoms with Crippen LogP contribution in [0.5, 0.6) is 0 Å². The van der Waals surface area contributed by atoms with Gasteiger partial charge in [0.2, 0.25) is 5.91 Å². The Hall–Kier alpha value is -1.49. The number of nitrogens with two attached hydrogens (primary N) is 1. The van der Waals surface area contributed by atoms with Crippen molar-refractivity contribution in [3.63, 3.8) is 0 Å². The number of carbonyl (C=O) groups excluding carboxylic acids is 1. The summed E-state index contributed by atoms with van der Waals surface area (Å²) in [5, 5.41) is 5.61. The molecule has 0 heterocycles. The molecule has 0 aliphatic heterocycles.